The second-order valence-corrected chi connectivity index (χ2v) is 8.43. The molecule has 1 rings (SSSR count). The number of carbonyl (C=O) groups excluding carboxylic acids is 1. The van der Waals surface area contributed by atoms with Crippen LogP contribution in [0.25, 0.3) is 0 Å². The number of amides is 1. The summed E-state index contributed by atoms with van der Waals surface area (Å²) in [6, 6.07) is -0.0844. The van der Waals surface area contributed by atoms with Gasteiger partial charge in [-0.15, -0.1) is 0 Å². The fourth-order valence-corrected chi connectivity index (χ4v) is 3.96. The summed E-state index contributed by atoms with van der Waals surface area (Å²) in [4.78, 5) is 12.3. The zero-order chi connectivity index (χ0) is 17.8. The van der Waals surface area contributed by atoms with Crippen LogP contribution >= 0.6 is 0 Å². The topological polar surface area (TPSA) is 41.1 Å². The predicted octanol–water partition coefficient (Wildman–Crippen LogP) is 5.19. The number of rotatable bonds is 4. The van der Waals surface area contributed by atoms with Crippen molar-refractivity contribution in [1.82, 2.24) is 10.6 Å². The lowest BCUT2D eigenvalue weighted by atomic mass is 9.85. The molecule has 0 radical (unpaired) electrons. The molecule has 1 aliphatic carbocycles. The molecule has 1 aliphatic rings. The molecule has 0 bridgehead atoms. The summed E-state index contributed by atoms with van der Waals surface area (Å²) in [5.74, 6) is 0.445. The molecule has 142 valence electrons. The second kappa shape index (κ2) is 11.9. The van der Waals surface area contributed by atoms with Crippen LogP contribution in [0.4, 0.5) is 0 Å². The van der Waals surface area contributed by atoms with E-state index >= 15 is 0 Å². The molecule has 0 heterocycles. The van der Waals surface area contributed by atoms with Crippen molar-refractivity contribution in [3.63, 3.8) is 0 Å². The predicted molar refractivity (Wildman–Crippen MR) is 104 cm³/mol. The van der Waals surface area contributed by atoms with E-state index in [1.807, 2.05) is 0 Å². The molecule has 0 saturated heterocycles. The number of hydrogen-bond donors (Lipinski definition) is 2. The Morgan fingerprint density at radius 2 is 1.17 bits per heavy atom. The standard InChI is InChI=1S/C21H42N2O/c1-18(2)19(20(24)22-4)23-21(3)16-14-12-10-8-6-5-7-9-11-13-15-17-21/h18-19,23H,5-17H2,1-4H3,(H,22,24)/t19-/m0/s1. The van der Waals surface area contributed by atoms with Crippen LogP contribution in [-0.4, -0.2) is 24.5 Å². The SMILES string of the molecule is CNC(=O)[C@@H](NC1(C)CCCCCCCCCCCCC1)C(C)C. The van der Waals surface area contributed by atoms with Crippen molar-refractivity contribution in [3.8, 4) is 0 Å². The molecule has 1 amide bonds. The minimum atomic E-state index is -0.0844. The smallest absolute Gasteiger partial charge is 0.237 e. The van der Waals surface area contributed by atoms with E-state index < -0.39 is 0 Å². The maximum absolute atomic E-state index is 12.3. The first-order chi connectivity index (χ1) is 11.5. The largest absolute Gasteiger partial charge is 0.358 e. The molecule has 0 aromatic carbocycles. The summed E-state index contributed by atoms with van der Waals surface area (Å²) < 4.78 is 0. The normalized spacial score (nSPS) is 22.5. The van der Waals surface area contributed by atoms with Crippen molar-refractivity contribution < 1.29 is 4.79 Å². The van der Waals surface area contributed by atoms with Gasteiger partial charge in [0.2, 0.25) is 5.91 Å². The highest BCUT2D eigenvalue weighted by atomic mass is 16.2. The summed E-state index contributed by atoms with van der Waals surface area (Å²) in [7, 11) is 1.75. The van der Waals surface area contributed by atoms with E-state index in [0.717, 1.165) is 0 Å². The Bertz CT molecular complexity index is 327. The third-order valence-corrected chi connectivity index (χ3v) is 5.66. The number of carbonyl (C=O) groups is 1. The van der Waals surface area contributed by atoms with Gasteiger partial charge in [0, 0.05) is 12.6 Å². The van der Waals surface area contributed by atoms with Crippen LogP contribution in [0.1, 0.15) is 104 Å². The molecule has 3 heteroatoms. The Balaban J connectivity index is 2.65. The molecular weight excluding hydrogens is 296 g/mol. The average molecular weight is 339 g/mol. The minimum Gasteiger partial charge on any atom is -0.358 e. The van der Waals surface area contributed by atoms with Crippen molar-refractivity contribution in [2.75, 3.05) is 7.05 Å². The van der Waals surface area contributed by atoms with Gasteiger partial charge in [-0.3, -0.25) is 4.79 Å². The fraction of sp³-hybridized carbons (Fsp3) is 0.952. The summed E-state index contributed by atoms with van der Waals surface area (Å²) in [5.41, 5.74) is 0.0889. The molecule has 0 aromatic rings. The highest BCUT2D eigenvalue weighted by Gasteiger charge is 2.31. The Kier molecular flexibility index (Phi) is 10.6. The van der Waals surface area contributed by atoms with Crippen LogP contribution in [0.5, 0.6) is 0 Å². The van der Waals surface area contributed by atoms with Crippen molar-refractivity contribution in [1.29, 1.82) is 0 Å². The summed E-state index contributed by atoms with van der Waals surface area (Å²) in [6.07, 6.45) is 17.4. The van der Waals surface area contributed by atoms with Gasteiger partial charge in [0.15, 0.2) is 0 Å². The van der Waals surface area contributed by atoms with E-state index in [1.54, 1.807) is 7.05 Å². The Morgan fingerprint density at radius 3 is 1.50 bits per heavy atom. The molecule has 0 unspecified atom stereocenters. The molecule has 0 aromatic heterocycles. The molecule has 0 spiro atoms. The zero-order valence-electron chi connectivity index (χ0n) is 16.8. The van der Waals surface area contributed by atoms with Gasteiger partial charge >= 0.3 is 0 Å². The Hall–Kier alpha value is -0.570. The van der Waals surface area contributed by atoms with Gasteiger partial charge in [-0.1, -0.05) is 84.5 Å². The summed E-state index contributed by atoms with van der Waals surface area (Å²) >= 11 is 0. The first-order valence-corrected chi connectivity index (χ1v) is 10.5. The van der Waals surface area contributed by atoms with Gasteiger partial charge in [-0.05, 0) is 25.7 Å². The summed E-state index contributed by atoms with van der Waals surface area (Å²) in [6.45, 7) is 6.62. The molecule has 1 saturated carbocycles. The van der Waals surface area contributed by atoms with Gasteiger partial charge in [0.25, 0.3) is 0 Å². The van der Waals surface area contributed by atoms with Crippen LogP contribution in [0.15, 0.2) is 0 Å². The zero-order valence-corrected chi connectivity index (χ0v) is 16.8. The first kappa shape index (κ1) is 21.5. The molecule has 1 fully saturated rings. The van der Waals surface area contributed by atoms with Gasteiger partial charge in [-0.2, -0.15) is 0 Å². The van der Waals surface area contributed by atoms with Crippen LogP contribution in [0.2, 0.25) is 0 Å². The van der Waals surface area contributed by atoms with E-state index in [2.05, 4.69) is 31.4 Å². The monoisotopic (exact) mass is 338 g/mol. The molecule has 3 nitrogen and oxygen atoms in total. The Labute approximate surface area is 150 Å². The minimum absolute atomic E-state index is 0.0844. The van der Waals surface area contributed by atoms with Crippen molar-refractivity contribution in [2.24, 2.45) is 5.92 Å². The maximum Gasteiger partial charge on any atom is 0.237 e. The van der Waals surface area contributed by atoms with E-state index in [-0.39, 0.29) is 17.5 Å². The summed E-state index contributed by atoms with van der Waals surface area (Å²) in [5, 5.41) is 6.59. The molecule has 1 atom stereocenters. The lowest BCUT2D eigenvalue weighted by Gasteiger charge is -2.36. The van der Waals surface area contributed by atoms with Crippen molar-refractivity contribution in [2.45, 2.75) is 116 Å². The van der Waals surface area contributed by atoms with Crippen LogP contribution in [0.3, 0.4) is 0 Å². The van der Waals surface area contributed by atoms with E-state index in [1.165, 1.54) is 83.5 Å². The molecular formula is C21H42N2O. The van der Waals surface area contributed by atoms with Crippen LogP contribution < -0.4 is 10.6 Å². The lowest BCUT2D eigenvalue weighted by molar-refractivity contribution is -0.124. The van der Waals surface area contributed by atoms with E-state index in [9.17, 15) is 4.79 Å². The van der Waals surface area contributed by atoms with E-state index in [0.29, 0.717) is 5.92 Å². The quantitative estimate of drug-likeness (QED) is 0.740. The maximum atomic E-state index is 12.3. The number of hydrogen-bond acceptors (Lipinski definition) is 2. The highest BCUT2D eigenvalue weighted by molar-refractivity contribution is 5.81. The second-order valence-electron chi connectivity index (χ2n) is 8.43. The molecule has 2 N–H and O–H groups in total. The first-order valence-electron chi connectivity index (χ1n) is 10.5. The van der Waals surface area contributed by atoms with Crippen LogP contribution in [-0.2, 0) is 4.79 Å². The van der Waals surface area contributed by atoms with Crippen molar-refractivity contribution in [3.05, 3.63) is 0 Å². The van der Waals surface area contributed by atoms with Gasteiger partial charge in [0.1, 0.15) is 0 Å². The number of likely N-dealkylation sites (N-methyl/N-ethyl adjacent to an activating group) is 1. The van der Waals surface area contributed by atoms with Gasteiger partial charge in [0.05, 0.1) is 6.04 Å². The van der Waals surface area contributed by atoms with E-state index in [4.69, 9.17) is 0 Å². The van der Waals surface area contributed by atoms with Crippen molar-refractivity contribution >= 4 is 5.91 Å². The molecule has 24 heavy (non-hydrogen) atoms. The Morgan fingerprint density at radius 1 is 0.792 bits per heavy atom. The highest BCUT2D eigenvalue weighted by Crippen LogP contribution is 2.25. The lowest BCUT2D eigenvalue weighted by Crippen LogP contribution is -2.56. The molecule has 0 aliphatic heterocycles. The van der Waals surface area contributed by atoms with Gasteiger partial charge < -0.3 is 10.6 Å². The third kappa shape index (κ3) is 8.50. The number of nitrogens with one attached hydrogen (secondary N) is 2. The fourth-order valence-electron chi connectivity index (χ4n) is 3.96. The average Bonchev–Trinajstić information content (AvgIpc) is 2.55. The third-order valence-electron chi connectivity index (χ3n) is 5.66. The van der Waals surface area contributed by atoms with Crippen LogP contribution in [0, 0.1) is 5.92 Å². The van der Waals surface area contributed by atoms with Gasteiger partial charge in [-0.25, -0.2) is 0 Å².